The van der Waals surface area contributed by atoms with Gasteiger partial charge in [0.25, 0.3) is 11.8 Å². The van der Waals surface area contributed by atoms with Gasteiger partial charge in [0.15, 0.2) is 0 Å². The van der Waals surface area contributed by atoms with Crippen molar-refractivity contribution in [3.05, 3.63) is 54.0 Å². The van der Waals surface area contributed by atoms with E-state index in [1.54, 1.807) is 23.2 Å². The molecule has 0 unspecified atom stereocenters. The van der Waals surface area contributed by atoms with Crippen LogP contribution >= 0.6 is 0 Å². The van der Waals surface area contributed by atoms with Crippen molar-refractivity contribution in [2.45, 2.75) is 58.2 Å². The summed E-state index contributed by atoms with van der Waals surface area (Å²) < 4.78 is 1.88. The molecule has 29 heavy (non-hydrogen) atoms. The fourth-order valence-electron chi connectivity index (χ4n) is 4.07. The Balaban J connectivity index is 1.66. The molecule has 0 saturated heterocycles. The number of hydrogen-bond acceptors (Lipinski definition) is 4. The topological polar surface area (TPSA) is 80.1 Å². The van der Waals surface area contributed by atoms with Crippen molar-refractivity contribution in [1.29, 1.82) is 0 Å². The average molecular weight is 393 g/mol. The number of rotatable bonds is 4. The first-order valence-electron chi connectivity index (χ1n) is 10.4. The number of nitrogens with zero attached hydrogens (tertiary/aromatic N) is 4. The first-order valence-corrected chi connectivity index (χ1v) is 10.4. The molecular weight excluding hydrogens is 366 g/mol. The number of amides is 2. The molecule has 0 spiro atoms. The zero-order valence-corrected chi connectivity index (χ0v) is 16.9. The van der Waals surface area contributed by atoms with Gasteiger partial charge >= 0.3 is 0 Å². The van der Waals surface area contributed by atoms with Crippen LogP contribution < -0.4 is 5.32 Å². The highest BCUT2D eigenvalue weighted by molar-refractivity contribution is 6.20. The largest absolute Gasteiger partial charge is 0.331 e. The minimum Gasteiger partial charge on any atom is -0.331 e. The number of carbonyl (C=O) groups excluding carboxylic acids is 2. The summed E-state index contributed by atoms with van der Waals surface area (Å²) >= 11 is 0. The Morgan fingerprint density at radius 1 is 1.14 bits per heavy atom. The molecule has 2 aliphatic rings. The van der Waals surface area contributed by atoms with Gasteiger partial charge in [-0.05, 0) is 30.9 Å². The molecule has 1 aliphatic heterocycles. The number of benzene rings is 1. The van der Waals surface area contributed by atoms with Gasteiger partial charge in [0, 0.05) is 11.8 Å². The molecule has 1 atom stereocenters. The standard InChI is InChI=1S/C22H27N5O2/c1-15(2)20-23-21(28)18(13-26(20)22(29)16-9-5-3-6-10-16)19-14-27(25-24-19)17-11-7-4-8-12-17/h3,5-6,9-10,13-15,17,20H,4,7-8,11-12H2,1-2H3,(H,23,28)/t20-/m0/s1. The summed E-state index contributed by atoms with van der Waals surface area (Å²) in [5.74, 6) is -0.319. The zero-order valence-electron chi connectivity index (χ0n) is 16.9. The van der Waals surface area contributed by atoms with Crippen molar-refractivity contribution in [1.82, 2.24) is 25.2 Å². The lowest BCUT2D eigenvalue weighted by Gasteiger charge is -2.36. The first-order chi connectivity index (χ1) is 14.0. The maximum atomic E-state index is 13.1. The van der Waals surface area contributed by atoms with Gasteiger partial charge in [-0.1, -0.05) is 56.5 Å². The molecule has 7 nitrogen and oxygen atoms in total. The van der Waals surface area contributed by atoms with Gasteiger partial charge in [-0.25, -0.2) is 4.68 Å². The Hall–Kier alpha value is -2.96. The molecule has 152 valence electrons. The van der Waals surface area contributed by atoms with Crippen LogP contribution in [0.15, 0.2) is 42.7 Å². The fraction of sp³-hybridized carbons (Fsp3) is 0.455. The number of hydrogen-bond donors (Lipinski definition) is 1. The lowest BCUT2D eigenvalue weighted by atomic mass is 9.96. The molecule has 4 rings (SSSR count). The molecule has 7 heteroatoms. The van der Waals surface area contributed by atoms with Crippen LogP contribution in [0.5, 0.6) is 0 Å². The highest BCUT2D eigenvalue weighted by atomic mass is 16.2. The molecule has 1 aliphatic carbocycles. The van der Waals surface area contributed by atoms with E-state index in [0.717, 1.165) is 12.8 Å². The van der Waals surface area contributed by atoms with E-state index in [-0.39, 0.29) is 17.7 Å². The third kappa shape index (κ3) is 3.95. The fourth-order valence-corrected chi connectivity index (χ4v) is 4.07. The molecule has 1 fully saturated rings. The van der Waals surface area contributed by atoms with Gasteiger partial charge in [0.2, 0.25) is 0 Å². The van der Waals surface area contributed by atoms with Crippen LogP contribution in [0.3, 0.4) is 0 Å². The Bertz CT molecular complexity index is 912. The Labute approximate surface area is 170 Å². The lowest BCUT2D eigenvalue weighted by molar-refractivity contribution is -0.118. The first kappa shape index (κ1) is 19.4. The monoisotopic (exact) mass is 393 g/mol. The molecule has 1 saturated carbocycles. The van der Waals surface area contributed by atoms with Crippen LogP contribution in [0.4, 0.5) is 0 Å². The van der Waals surface area contributed by atoms with E-state index in [1.807, 2.05) is 42.9 Å². The summed E-state index contributed by atoms with van der Waals surface area (Å²) in [6.45, 7) is 3.96. The average Bonchev–Trinajstić information content (AvgIpc) is 3.24. The van der Waals surface area contributed by atoms with E-state index in [0.29, 0.717) is 22.9 Å². The molecule has 0 bridgehead atoms. The third-order valence-corrected chi connectivity index (χ3v) is 5.71. The highest BCUT2D eigenvalue weighted by Crippen LogP contribution is 2.29. The second-order valence-electron chi connectivity index (χ2n) is 8.16. The summed E-state index contributed by atoms with van der Waals surface area (Å²) in [6, 6.07) is 9.44. The highest BCUT2D eigenvalue weighted by Gasteiger charge is 2.34. The van der Waals surface area contributed by atoms with Gasteiger partial charge < -0.3 is 5.32 Å². The van der Waals surface area contributed by atoms with Crippen LogP contribution in [0.2, 0.25) is 0 Å². The smallest absolute Gasteiger partial charge is 0.259 e. The van der Waals surface area contributed by atoms with Gasteiger partial charge in [-0.15, -0.1) is 5.10 Å². The summed E-state index contributed by atoms with van der Waals surface area (Å²) in [5.41, 5.74) is 1.45. The predicted molar refractivity (Wildman–Crippen MR) is 110 cm³/mol. The second-order valence-corrected chi connectivity index (χ2v) is 8.16. The van der Waals surface area contributed by atoms with E-state index in [2.05, 4.69) is 15.6 Å². The van der Waals surface area contributed by atoms with Gasteiger partial charge in [-0.3, -0.25) is 14.5 Å². The van der Waals surface area contributed by atoms with Crippen LogP contribution in [0, 0.1) is 5.92 Å². The second kappa shape index (κ2) is 8.19. The van der Waals surface area contributed by atoms with Crippen molar-refractivity contribution in [3.8, 4) is 0 Å². The summed E-state index contributed by atoms with van der Waals surface area (Å²) in [7, 11) is 0. The SMILES string of the molecule is CC(C)[C@H]1NC(=O)C(c2cn(C3CCCCC3)nn2)=CN1C(=O)c1ccccc1. The van der Waals surface area contributed by atoms with Gasteiger partial charge in [0.05, 0.1) is 17.8 Å². The molecule has 1 aromatic heterocycles. The van der Waals surface area contributed by atoms with Gasteiger partial charge in [0.1, 0.15) is 11.9 Å². The lowest BCUT2D eigenvalue weighted by Crippen LogP contribution is -2.54. The maximum Gasteiger partial charge on any atom is 0.259 e. The predicted octanol–water partition coefficient (Wildman–Crippen LogP) is 3.38. The van der Waals surface area contributed by atoms with Gasteiger partial charge in [-0.2, -0.15) is 0 Å². The van der Waals surface area contributed by atoms with E-state index in [4.69, 9.17) is 0 Å². The Morgan fingerprint density at radius 3 is 2.55 bits per heavy atom. The van der Waals surface area contributed by atoms with Crippen molar-refractivity contribution in [3.63, 3.8) is 0 Å². The number of nitrogens with one attached hydrogen (secondary N) is 1. The summed E-state index contributed by atoms with van der Waals surface area (Å²) in [5, 5.41) is 11.5. The summed E-state index contributed by atoms with van der Waals surface area (Å²) in [6.07, 6.45) is 8.88. The zero-order chi connectivity index (χ0) is 20.4. The van der Waals surface area contributed by atoms with E-state index >= 15 is 0 Å². The normalized spacial score (nSPS) is 20.5. The van der Waals surface area contributed by atoms with Crippen molar-refractivity contribution < 1.29 is 9.59 Å². The van der Waals surface area contributed by atoms with Crippen molar-refractivity contribution >= 4 is 17.4 Å². The minimum atomic E-state index is -0.410. The van der Waals surface area contributed by atoms with Crippen LogP contribution in [-0.2, 0) is 4.79 Å². The quantitative estimate of drug-likeness (QED) is 0.864. The molecule has 1 N–H and O–H groups in total. The number of aromatic nitrogens is 3. The van der Waals surface area contributed by atoms with Crippen LogP contribution in [-0.4, -0.2) is 37.9 Å². The third-order valence-electron chi connectivity index (χ3n) is 5.71. The number of carbonyl (C=O) groups is 2. The maximum absolute atomic E-state index is 13.1. The Morgan fingerprint density at radius 2 is 1.86 bits per heavy atom. The van der Waals surface area contributed by atoms with Crippen molar-refractivity contribution in [2.75, 3.05) is 0 Å². The van der Waals surface area contributed by atoms with Crippen LogP contribution in [0.25, 0.3) is 5.57 Å². The molecule has 2 heterocycles. The molecule has 2 amide bonds. The molecular formula is C22H27N5O2. The Kier molecular flexibility index (Phi) is 5.47. The van der Waals surface area contributed by atoms with E-state index < -0.39 is 6.17 Å². The van der Waals surface area contributed by atoms with Crippen LogP contribution in [0.1, 0.15) is 68.0 Å². The molecule has 1 aromatic carbocycles. The molecule has 2 aromatic rings. The van der Waals surface area contributed by atoms with E-state index in [9.17, 15) is 9.59 Å². The van der Waals surface area contributed by atoms with E-state index in [1.165, 1.54) is 19.3 Å². The molecule has 0 radical (unpaired) electrons. The minimum absolute atomic E-state index is 0.0577. The van der Waals surface area contributed by atoms with Crippen molar-refractivity contribution in [2.24, 2.45) is 5.92 Å². The summed E-state index contributed by atoms with van der Waals surface area (Å²) in [4.78, 5) is 27.6.